The molecule has 26 heavy (non-hydrogen) atoms. The Labute approximate surface area is 151 Å². The highest BCUT2D eigenvalue weighted by Gasteiger charge is 2.26. The first-order valence-electron chi connectivity index (χ1n) is 8.64. The van der Waals surface area contributed by atoms with E-state index in [1.54, 1.807) is 27.9 Å². The molecule has 4 rings (SSSR count). The maximum Gasteiger partial charge on any atom is 0.322 e. The smallest absolute Gasteiger partial charge is 0.322 e. The Morgan fingerprint density at radius 3 is 2.65 bits per heavy atom. The number of nitrogens with one attached hydrogen (secondary N) is 1. The van der Waals surface area contributed by atoms with Crippen LogP contribution in [0.2, 0.25) is 0 Å². The standard InChI is InChI=1S/C20H19FN4O/c21-16-8-10-17(11-9-16)25-18-7-4-12-24(19(18)14-23-25)20(26)22-13-15-5-2-1-3-6-15/h1-3,5-6,8-11,14H,4,7,12-13H2,(H,22,26). The van der Waals surface area contributed by atoms with Gasteiger partial charge in [0.15, 0.2) is 0 Å². The van der Waals surface area contributed by atoms with Gasteiger partial charge in [0.25, 0.3) is 0 Å². The summed E-state index contributed by atoms with van der Waals surface area (Å²) in [5.74, 6) is -0.281. The largest absolute Gasteiger partial charge is 0.334 e. The van der Waals surface area contributed by atoms with Crippen LogP contribution in [0, 0.1) is 5.82 Å². The van der Waals surface area contributed by atoms with Gasteiger partial charge in [0.05, 0.1) is 23.3 Å². The summed E-state index contributed by atoms with van der Waals surface area (Å²) in [6.07, 6.45) is 3.40. The molecular weight excluding hydrogens is 331 g/mol. The first-order valence-corrected chi connectivity index (χ1v) is 8.64. The van der Waals surface area contributed by atoms with Crippen LogP contribution in [0.1, 0.15) is 17.7 Å². The Morgan fingerprint density at radius 2 is 1.88 bits per heavy atom. The summed E-state index contributed by atoms with van der Waals surface area (Å²) in [4.78, 5) is 14.4. The van der Waals surface area contributed by atoms with Crippen molar-refractivity contribution in [1.29, 1.82) is 0 Å². The molecule has 0 fully saturated rings. The number of carbonyl (C=O) groups excluding carboxylic acids is 1. The molecule has 2 aromatic carbocycles. The lowest BCUT2D eigenvalue weighted by Gasteiger charge is -2.27. The van der Waals surface area contributed by atoms with Gasteiger partial charge in [-0.1, -0.05) is 30.3 Å². The van der Waals surface area contributed by atoms with Crippen LogP contribution in [-0.2, 0) is 13.0 Å². The third-order valence-corrected chi connectivity index (χ3v) is 4.54. The van der Waals surface area contributed by atoms with Crippen LogP contribution < -0.4 is 10.2 Å². The van der Waals surface area contributed by atoms with Gasteiger partial charge in [-0.25, -0.2) is 13.9 Å². The number of aromatic nitrogens is 2. The van der Waals surface area contributed by atoms with E-state index < -0.39 is 0 Å². The summed E-state index contributed by atoms with van der Waals surface area (Å²) in [5.41, 5.74) is 3.63. The van der Waals surface area contributed by atoms with E-state index in [1.165, 1.54) is 12.1 Å². The summed E-state index contributed by atoms with van der Waals surface area (Å²) < 4.78 is 15.0. The molecule has 3 aromatic rings. The van der Waals surface area contributed by atoms with Gasteiger partial charge < -0.3 is 5.32 Å². The van der Waals surface area contributed by atoms with Gasteiger partial charge in [0.2, 0.25) is 0 Å². The van der Waals surface area contributed by atoms with E-state index in [9.17, 15) is 9.18 Å². The van der Waals surface area contributed by atoms with Crippen molar-refractivity contribution in [2.24, 2.45) is 0 Å². The van der Waals surface area contributed by atoms with Crippen LogP contribution >= 0.6 is 0 Å². The van der Waals surface area contributed by atoms with Gasteiger partial charge in [-0.15, -0.1) is 0 Å². The van der Waals surface area contributed by atoms with Crippen LogP contribution in [0.25, 0.3) is 5.69 Å². The van der Waals surface area contributed by atoms with Gasteiger partial charge in [0.1, 0.15) is 5.82 Å². The molecule has 0 saturated carbocycles. The van der Waals surface area contributed by atoms with Crippen molar-refractivity contribution in [3.63, 3.8) is 0 Å². The van der Waals surface area contributed by atoms with E-state index in [2.05, 4.69) is 10.4 Å². The number of amides is 2. The van der Waals surface area contributed by atoms with Crippen molar-refractivity contribution in [1.82, 2.24) is 15.1 Å². The summed E-state index contributed by atoms with van der Waals surface area (Å²) >= 11 is 0. The Morgan fingerprint density at radius 1 is 1.12 bits per heavy atom. The molecule has 0 aliphatic carbocycles. The second-order valence-corrected chi connectivity index (χ2v) is 6.26. The zero-order valence-corrected chi connectivity index (χ0v) is 14.2. The lowest BCUT2D eigenvalue weighted by atomic mass is 10.1. The van der Waals surface area contributed by atoms with Crippen LogP contribution in [0.15, 0.2) is 60.8 Å². The van der Waals surface area contributed by atoms with Gasteiger partial charge in [-0.3, -0.25) is 4.90 Å². The maximum atomic E-state index is 13.2. The number of benzene rings is 2. The number of fused-ring (bicyclic) bond motifs is 1. The lowest BCUT2D eigenvalue weighted by Crippen LogP contribution is -2.42. The quantitative estimate of drug-likeness (QED) is 0.783. The van der Waals surface area contributed by atoms with Crippen molar-refractivity contribution in [2.75, 3.05) is 11.4 Å². The Hall–Kier alpha value is -3.15. The predicted octanol–water partition coefficient (Wildman–Crippen LogP) is 3.67. The molecule has 0 unspecified atom stereocenters. The van der Waals surface area contributed by atoms with Gasteiger partial charge in [-0.2, -0.15) is 5.10 Å². The third kappa shape index (κ3) is 3.18. The molecule has 0 bridgehead atoms. The zero-order valence-electron chi connectivity index (χ0n) is 14.2. The molecule has 1 aliphatic heterocycles. The molecule has 0 saturated heterocycles. The van der Waals surface area contributed by atoms with Crippen molar-refractivity contribution in [3.8, 4) is 5.69 Å². The highest BCUT2D eigenvalue weighted by Crippen LogP contribution is 2.29. The molecule has 1 aromatic heterocycles. The molecule has 132 valence electrons. The Bertz CT molecular complexity index is 905. The zero-order chi connectivity index (χ0) is 17.9. The highest BCUT2D eigenvalue weighted by atomic mass is 19.1. The van der Waals surface area contributed by atoms with Crippen molar-refractivity contribution in [2.45, 2.75) is 19.4 Å². The predicted molar refractivity (Wildman–Crippen MR) is 97.9 cm³/mol. The van der Waals surface area contributed by atoms with Crippen molar-refractivity contribution >= 4 is 11.7 Å². The molecule has 2 heterocycles. The van der Waals surface area contributed by atoms with Crippen LogP contribution in [0.5, 0.6) is 0 Å². The number of carbonyl (C=O) groups is 1. The maximum absolute atomic E-state index is 13.2. The second kappa shape index (κ2) is 7.00. The van der Waals surface area contributed by atoms with Gasteiger partial charge in [0, 0.05) is 13.1 Å². The highest BCUT2D eigenvalue weighted by molar-refractivity contribution is 5.93. The van der Waals surface area contributed by atoms with Crippen LogP contribution in [-0.4, -0.2) is 22.4 Å². The number of hydrogen-bond acceptors (Lipinski definition) is 2. The molecule has 0 spiro atoms. The number of urea groups is 1. The average Bonchev–Trinajstić information content (AvgIpc) is 3.12. The fraction of sp³-hybridized carbons (Fsp3) is 0.200. The molecule has 1 N–H and O–H groups in total. The Kier molecular flexibility index (Phi) is 4.39. The van der Waals surface area contributed by atoms with Crippen LogP contribution in [0.3, 0.4) is 0 Å². The normalized spacial score (nSPS) is 13.3. The molecule has 0 atom stereocenters. The minimum atomic E-state index is -0.281. The van der Waals surface area contributed by atoms with Crippen molar-refractivity contribution < 1.29 is 9.18 Å². The summed E-state index contributed by atoms with van der Waals surface area (Å²) in [7, 11) is 0. The molecule has 6 heteroatoms. The lowest BCUT2D eigenvalue weighted by molar-refractivity contribution is 0.245. The molecular formula is C20H19FN4O. The second-order valence-electron chi connectivity index (χ2n) is 6.26. The Balaban J connectivity index is 1.54. The molecule has 1 aliphatic rings. The van der Waals surface area contributed by atoms with E-state index in [0.717, 1.165) is 35.5 Å². The fourth-order valence-electron chi connectivity index (χ4n) is 3.23. The number of rotatable bonds is 3. The topological polar surface area (TPSA) is 50.2 Å². The van der Waals surface area contributed by atoms with E-state index in [1.807, 2.05) is 30.3 Å². The minimum absolute atomic E-state index is 0.131. The van der Waals surface area contributed by atoms with E-state index in [4.69, 9.17) is 0 Å². The fourth-order valence-corrected chi connectivity index (χ4v) is 3.23. The summed E-state index contributed by atoms with van der Waals surface area (Å²) in [6.45, 7) is 1.14. The van der Waals surface area contributed by atoms with Gasteiger partial charge >= 0.3 is 6.03 Å². The number of anilines is 1. The van der Waals surface area contributed by atoms with E-state index >= 15 is 0 Å². The molecule has 0 radical (unpaired) electrons. The number of nitrogens with zero attached hydrogens (tertiary/aromatic N) is 3. The minimum Gasteiger partial charge on any atom is -0.334 e. The van der Waals surface area contributed by atoms with Crippen LogP contribution in [0.4, 0.5) is 14.9 Å². The first-order chi connectivity index (χ1) is 12.7. The van der Waals surface area contributed by atoms with E-state index in [-0.39, 0.29) is 11.8 Å². The summed E-state index contributed by atoms with van der Waals surface area (Å²) in [5, 5.41) is 7.39. The van der Waals surface area contributed by atoms with Crippen molar-refractivity contribution in [3.05, 3.63) is 77.9 Å². The monoisotopic (exact) mass is 350 g/mol. The average molecular weight is 350 g/mol. The summed E-state index contributed by atoms with van der Waals surface area (Å²) in [6, 6.07) is 15.9. The SMILES string of the molecule is O=C(NCc1ccccc1)N1CCCc2c1cnn2-c1ccc(F)cc1. The molecule has 2 amide bonds. The first kappa shape index (κ1) is 16.3. The number of halogens is 1. The molecule has 5 nitrogen and oxygen atoms in total. The van der Waals surface area contributed by atoms with Gasteiger partial charge in [-0.05, 0) is 42.7 Å². The number of hydrogen-bond donors (Lipinski definition) is 1. The third-order valence-electron chi connectivity index (χ3n) is 4.54. The van der Waals surface area contributed by atoms with E-state index in [0.29, 0.717) is 13.1 Å².